The molecule has 1 aliphatic heterocycles. The van der Waals surface area contributed by atoms with Gasteiger partial charge in [-0.2, -0.15) is 0 Å². The fraction of sp³-hybridized carbons (Fsp3) is 0.529. The molecule has 1 heterocycles. The lowest BCUT2D eigenvalue weighted by Crippen LogP contribution is -2.48. The minimum Gasteiger partial charge on any atom is -0.350 e. The van der Waals surface area contributed by atoms with Crippen molar-refractivity contribution in [3.05, 3.63) is 35.9 Å². The number of halogens is 1. The largest absolute Gasteiger partial charge is 0.350 e. The van der Waals surface area contributed by atoms with E-state index in [1.165, 1.54) is 5.56 Å². The summed E-state index contributed by atoms with van der Waals surface area (Å²) >= 11 is 0. The Morgan fingerprint density at radius 2 is 1.96 bits per heavy atom. The van der Waals surface area contributed by atoms with E-state index in [0.29, 0.717) is 13.0 Å². The third kappa shape index (κ3) is 4.45. The monoisotopic (exact) mass is 337 g/mol. The second-order valence-corrected chi connectivity index (χ2v) is 6.44. The van der Waals surface area contributed by atoms with Gasteiger partial charge in [0.15, 0.2) is 0 Å². The minimum atomic E-state index is -0.634. The van der Waals surface area contributed by atoms with E-state index in [0.717, 1.165) is 32.2 Å². The van der Waals surface area contributed by atoms with E-state index in [1.807, 2.05) is 35.2 Å². The number of aryl methyl sites for hydroxylation is 1. The van der Waals surface area contributed by atoms with E-state index in [9.17, 15) is 9.59 Å². The van der Waals surface area contributed by atoms with Crippen molar-refractivity contribution in [3.8, 4) is 0 Å². The van der Waals surface area contributed by atoms with Crippen LogP contribution in [0.1, 0.15) is 31.2 Å². The number of nitrogens with zero attached hydrogens (tertiary/aromatic N) is 1. The van der Waals surface area contributed by atoms with Gasteiger partial charge in [-0.3, -0.25) is 9.59 Å². The van der Waals surface area contributed by atoms with Gasteiger partial charge < -0.3 is 16.0 Å². The van der Waals surface area contributed by atoms with Crippen LogP contribution in [0.15, 0.2) is 30.3 Å². The van der Waals surface area contributed by atoms with Crippen LogP contribution < -0.4 is 11.1 Å². The van der Waals surface area contributed by atoms with Crippen LogP contribution in [-0.2, 0) is 16.0 Å². The second kappa shape index (κ2) is 7.32. The molecule has 0 aromatic heterocycles. The number of amides is 2. The van der Waals surface area contributed by atoms with Crippen molar-refractivity contribution in [2.75, 3.05) is 13.1 Å². The first-order valence-electron chi connectivity index (χ1n) is 7.98. The van der Waals surface area contributed by atoms with Crippen molar-refractivity contribution in [1.29, 1.82) is 0 Å². The first kappa shape index (κ1) is 17.8. The first-order valence-corrected chi connectivity index (χ1v) is 7.98. The van der Waals surface area contributed by atoms with Crippen molar-refractivity contribution in [3.63, 3.8) is 0 Å². The predicted molar refractivity (Wildman–Crippen MR) is 91.3 cm³/mol. The Hall–Kier alpha value is -1.59. The number of likely N-dealkylation sites (tertiary alicyclic amines) is 1. The zero-order valence-corrected chi connectivity index (χ0v) is 14.0. The Labute approximate surface area is 143 Å². The van der Waals surface area contributed by atoms with Gasteiger partial charge in [-0.1, -0.05) is 30.3 Å². The summed E-state index contributed by atoms with van der Waals surface area (Å²) < 4.78 is 0. The molecular weight excluding hydrogens is 314 g/mol. The molecule has 3 rings (SSSR count). The summed E-state index contributed by atoms with van der Waals surface area (Å²) in [5, 5.41) is 2.98. The number of rotatable bonds is 5. The van der Waals surface area contributed by atoms with Gasteiger partial charge in [0.2, 0.25) is 11.8 Å². The summed E-state index contributed by atoms with van der Waals surface area (Å²) in [4.78, 5) is 26.0. The van der Waals surface area contributed by atoms with Gasteiger partial charge in [0.1, 0.15) is 0 Å². The van der Waals surface area contributed by atoms with Crippen LogP contribution >= 0.6 is 12.4 Å². The predicted octanol–water partition coefficient (Wildman–Crippen LogP) is 1.25. The Morgan fingerprint density at radius 3 is 2.61 bits per heavy atom. The lowest BCUT2D eigenvalue weighted by Gasteiger charge is -2.18. The molecule has 5 nitrogen and oxygen atoms in total. The standard InChI is InChI=1S/C17H23N3O2.ClH/c18-17(9-10-17)16(22)19-14-8-11-20(12-14)15(21)7-6-13-4-2-1-3-5-13;/h1-5,14H,6-12,18H2,(H,19,22);1H. The molecule has 1 atom stereocenters. The molecule has 1 saturated carbocycles. The SMILES string of the molecule is Cl.NC1(C(=O)NC2CCN(C(=O)CCc3ccccc3)C2)CC1. The summed E-state index contributed by atoms with van der Waals surface area (Å²) in [6.07, 6.45) is 3.64. The van der Waals surface area contributed by atoms with E-state index >= 15 is 0 Å². The highest BCUT2D eigenvalue weighted by atomic mass is 35.5. The molecule has 23 heavy (non-hydrogen) atoms. The van der Waals surface area contributed by atoms with Crippen LogP contribution in [0.5, 0.6) is 0 Å². The average Bonchev–Trinajstić information content (AvgIpc) is 3.11. The van der Waals surface area contributed by atoms with Crippen molar-refractivity contribution in [2.45, 2.75) is 43.7 Å². The van der Waals surface area contributed by atoms with Gasteiger partial charge in [0.05, 0.1) is 5.54 Å². The Bertz CT molecular complexity index is 560. The molecule has 6 heteroatoms. The average molecular weight is 338 g/mol. The van der Waals surface area contributed by atoms with E-state index in [1.54, 1.807) is 0 Å². The van der Waals surface area contributed by atoms with Crippen LogP contribution in [0.4, 0.5) is 0 Å². The number of nitrogens with one attached hydrogen (secondary N) is 1. The fourth-order valence-corrected chi connectivity index (χ4v) is 2.85. The van der Waals surface area contributed by atoms with Crippen LogP contribution in [0.3, 0.4) is 0 Å². The molecule has 2 fully saturated rings. The van der Waals surface area contributed by atoms with Crippen molar-refractivity contribution in [1.82, 2.24) is 10.2 Å². The molecule has 0 spiro atoms. The number of carbonyl (C=O) groups is 2. The summed E-state index contributed by atoms with van der Waals surface area (Å²) in [7, 11) is 0. The second-order valence-electron chi connectivity index (χ2n) is 6.44. The maximum atomic E-state index is 12.2. The van der Waals surface area contributed by atoms with Crippen LogP contribution in [-0.4, -0.2) is 41.4 Å². The fourth-order valence-electron chi connectivity index (χ4n) is 2.85. The van der Waals surface area contributed by atoms with Crippen molar-refractivity contribution >= 4 is 24.2 Å². The van der Waals surface area contributed by atoms with Crippen LogP contribution in [0.25, 0.3) is 0 Å². The highest BCUT2D eigenvalue weighted by Crippen LogP contribution is 2.32. The Kier molecular flexibility index (Phi) is 5.65. The van der Waals surface area contributed by atoms with E-state index in [4.69, 9.17) is 5.73 Å². The Balaban J connectivity index is 0.00000192. The Morgan fingerprint density at radius 1 is 1.26 bits per heavy atom. The molecule has 2 amide bonds. The van der Waals surface area contributed by atoms with Crippen molar-refractivity contribution < 1.29 is 9.59 Å². The first-order chi connectivity index (χ1) is 10.6. The van der Waals surface area contributed by atoms with Gasteiger partial charge >= 0.3 is 0 Å². The summed E-state index contributed by atoms with van der Waals surface area (Å²) in [6, 6.07) is 10.1. The molecule has 126 valence electrons. The number of hydrogen-bond acceptors (Lipinski definition) is 3. The van der Waals surface area contributed by atoms with Gasteiger partial charge in [-0.15, -0.1) is 12.4 Å². The van der Waals surface area contributed by atoms with Gasteiger partial charge in [0.25, 0.3) is 0 Å². The van der Waals surface area contributed by atoms with Gasteiger partial charge in [-0.05, 0) is 31.2 Å². The lowest BCUT2D eigenvalue weighted by atomic mass is 10.1. The van der Waals surface area contributed by atoms with Crippen molar-refractivity contribution in [2.24, 2.45) is 5.73 Å². The molecule has 1 unspecified atom stereocenters. The number of carbonyl (C=O) groups excluding carboxylic acids is 2. The minimum absolute atomic E-state index is 0. The molecule has 0 radical (unpaired) electrons. The topological polar surface area (TPSA) is 75.4 Å². The van der Waals surface area contributed by atoms with Crippen LogP contribution in [0.2, 0.25) is 0 Å². The quantitative estimate of drug-likeness (QED) is 0.849. The molecule has 1 aromatic rings. The van der Waals surface area contributed by atoms with Gasteiger partial charge in [-0.25, -0.2) is 0 Å². The zero-order valence-electron chi connectivity index (χ0n) is 13.2. The van der Waals surface area contributed by atoms with E-state index < -0.39 is 5.54 Å². The normalized spacial score (nSPS) is 21.4. The number of nitrogens with two attached hydrogens (primary N) is 1. The number of benzene rings is 1. The smallest absolute Gasteiger partial charge is 0.240 e. The molecule has 2 aliphatic rings. The molecule has 0 bridgehead atoms. The molecule has 1 aromatic carbocycles. The third-order valence-electron chi connectivity index (χ3n) is 4.59. The molecule has 3 N–H and O–H groups in total. The van der Waals surface area contributed by atoms with E-state index in [2.05, 4.69) is 5.32 Å². The number of hydrogen-bond donors (Lipinski definition) is 2. The zero-order chi connectivity index (χ0) is 15.6. The summed E-state index contributed by atoms with van der Waals surface area (Å²) in [5.41, 5.74) is 6.43. The maximum absolute atomic E-state index is 12.2. The molecule has 1 aliphatic carbocycles. The maximum Gasteiger partial charge on any atom is 0.240 e. The summed E-state index contributed by atoms with van der Waals surface area (Å²) in [5.74, 6) is 0.102. The highest BCUT2D eigenvalue weighted by molar-refractivity contribution is 5.89. The van der Waals surface area contributed by atoms with Gasteiger partial charge in [0, 0.05) is 25.6 Å². The molecular formula is C17H24ClN3O2. The van der Waals surface area contributed by atoms with E-state index in [-0.39, 0.29) is 30.3 Å². The summed E-state index contributed by atoms with van der Waals surface area (Å²) in [6.45, 7) is 1.32. The highest BCUT2D eigenvalue weighted by Gasteiger charge is 2.46. The lowest BCUT2D eigenvalue weighted by molar-refractivity contribution is -0.130. The third-order valence-corrected chi connectivity index (χ3v) is 4.59. The van der Waals surface area contributed by atoms with Crippen LogP contribution in [0, 0.1) is 0 Å². The molecule has 1 saturated heterocycles.